The summed E-state index contributed by atoms with van der Waals surface area (Å²) in [5.74, 6) is 1.39. The molecule has 4 aromatic rings. The molecule has 2 fully saturated rings. The van der Waals surface area contributed by atoms with Crippen molar-refractivity contribution >= 4 is 33.1 Å². The molecular weight excluding hydrogens is 432 g/mol. The summed E-state index contributed by atoms with van der Waals surface area (Å²) in [6.07, 6.45) is 6.04. The predicted molar refractivity (Wildman–Crippen MR) is 132 cm³/mol. The molecule has 8 heteroatoms. The number of amides is 1. The lowest BCUT2D eigenvalue weighted by atomic mass is 9.91. The highest BCUT2D eigenvalue weighted by molar-refractivity contribution is 7.18. The van der Waals surface area contributed by atoms with Crippen molar-refractivity contribution in [3.63, 3.8) is 0 Å². The molecule has 3 atom stereocenters. The number of thiophene rings is 1. The first-order valence-corrected chi connectivity index (χ1v) is 12.6. The molecule has 1 saturated heterocycles. The number of nitrogens with one attached hydrogen (secondary N) is 1. The van der Waals surface area contributed by atoms with Gasteiger partial charge in [-0.15, -0.1) is 11.3 Å². The van der Waals surface area contributed by atoms with Crippen molar-refractivity contribution < 1.29 is 4.79 Å². The smallest absolute Gasteiger partial charge is 0.231 e. The summed E-state index contributed by atoms with van der Waals surface area (Å²) in [7, 11) is 0. The van der Waals surface area contributed by atoms with Crippen molar-refractivity contribution in [1.82, 2.24) is 24.5 Å². The summed E-state index contributed by atoms with van der Waals surface area (Å²) in [6, 6.07) is 2.93. The van der Waals surface area contributed by atoms with Gasteiger partial charge in [0.25, 0.3) is 0 Å². The van der Waals surface area contributed by atoms with Crippen molar-refractivity contribution in [3.8, 4) is 11.3 Å². The van der Waals surface area contributed by atoms with Crippen molar-refractivity contribution in [2.45, 2.75) is 58.4 Å². The highest BCUT2D eigenvalue weighted by atomic mass is 32.1. The molecule has 1 aliphatic carbocycles. The van der Waals surface area contributed by atoms with Crippen LogP contribution in [0.2, 0.25) is 0 Å². The molecule has 172 valence electrons. The van der Waals surface area contributed by atoms with E-state index in [0.29, 0.717) is 30.3 Å². The molecule has 1 aliphatic heterocycles. The van der Waals surface area contributed by atoms with Gasteiger partial charge in [-0.1, -0.05) is 13.8 Å². The van der Waals surface area contributed by atoms with Crippen LogP contribution in [0.15, 0.2) is 18.6 Å². The summed E-state index contributed by atoms with van der Waals surface area (Å²) >= 11 is 1.91. The second kappa shape index (κ2) is 7.40. The number of pyridine rings is 1. The number of carbonyl (C=O) groups is 1. The minimum atomic E-state index is -0.216. The van der Waals surface area contributed by atoms with Gasteiger partial charge in [0, 0.05) is 34.6 Å². The number of rotatable bonds is 5. The number of fused-ring (bicyclic) bond motifs is 4. The zero-order valence-electron chi connectivity index (χ0n) is 19.6. The summed E-state index contributed by atoms with van der Waals surface area (Å²) < 4.78 is 1.88. The Balaban J connectivity index is 1.39. The Morgan fingerprint density at radius 1 is 1.30 bits per heavy atom. The average Bonchev–Trinajstić information content (AvgIpc) is 3.54. The summed E-state index contributed by atoms with van der Waals surface area (Å²) in [4.78, 5) is 24.6. The number of primary amides is 1. The van der Waals surface area contributed by atoms with E-state index >= 15 is 0 Å². The Kier molecular flexibility index (Phi) is 4.68. The number of hydrogen-bond donors (Lipinski definition) is 2. The van der Waals surface area contributed by atoms with Gasteiger partial charge in [0.1, 0.15) is 11.2 Å². The molecule has 0 aromatic carbocycles. The van der Waals surface area contributed by atoms with Gasteiger partial charge in [-0.25, -0.2) is 9.50 Å². The lowest BCUT2D eigenvalue weighted by Crippen LogP contribution is -2.40. The maximum atomic E-state index is 11.4. The largest absolute Gasteiger partial charge is 0.369 e. The first kappa shape index (κ1) is 20.9. The van der Waals surface area contributed by atoms with Crippen molar-refractivity contribution in [2.24, 2.45) is 11.7 Å². The van der Waals surface area contributed by atoms with Crippen LogP contribution in [0.25, 0.3) is 27.1 Å². The van der Waals surface area contributed by atoms with Gasteiger partial charge < -0.3 is 10.7 Å². The third kappa shape index (κ3) is 3.14. The van der Waals surface area contributed by atoms with E-state index in [1.54, 1.807) is 6.33 Å². The van der Waals surface area contributed by atoms with Crippen LogP contribution in [-0.2, 0) is 4.79 Å². The SMILES string of the molecule is Cc1c(-c2[nH]c3sc([C@@H]4C[C@@H]5C[C@H]4CN5CC(N)=O)cc3c2C(C)C)cn2ncnc2c1C. The molecule has 0 radical (unpaired) electrons. The van der Waals surface area contributed by atoms with Gasteiger partial charge in [-0.3, -0.25) is 9.69 Å². The fourth-order valence-corrected chi connectivity index (χ4v) is 7.54. The first-order chi connectivity index (χ1) is 15.8. The van der Waals surface area contributed by atoms with E-state index in [4.69, 9.17) is 5.73 Å². The van der Waals surface area contributed by atoms with Gasteiger partial charge in [-0.2, -0.15) is 5.10 Å². The molecule has 0 unspecified atom stereocenters. The van der Waals surface area contributed by atoms with Gasteiger partial charge in [0.2, 0.25) is 5.91 Å². The van der Waals surface area contributed by atoms with Crippen LogP contribution in [0, 0.1) is 19.8 Å². The molecule has 0 spiro atoms. The molecule has 7 nitrogen and oxygen atoms in total. The molecule has 6 rings (SSSR count). The second-order valence-electron chi connectivity index (χ2n) is 10.2. The van der Waals surface area contributed by atoms with Crippen molar-refractivity contribution in [2.75, 3.05) is 13.1 Å². The number of piperidine rings is 1. The van der Waals surface area contributed by atoms with E-state index < -0.39 is 0 Å². The summed E-state index contributed by atoms with van der Waals surface area (Å²) in [5.41, 5.74) is 12.6. The molecular formula is C25H30N6OS. The monoisotopic (exact) mass is 462 g/mol. The molecule has 33 heavy (non-hydrogen) atoms. The van der Waals surface area contributed by atoms with Crippen LogP contribution in [0.4, 0.5) is 0 Å². The van der Waals surface area contributed by atoms with Gasteiger partial charge >= 0.3 is 0 Å². The number of aromatic nitrogens is 4. The number of H-pyrrole nitrogens is 1. The number of likely N-dealkylation sites (tertiary alicyclic amines) is 1. The second-order valence-corrected chi connectivity index (χ2v) is 11.3. The number of nitrogens with two attached hydrogens (primary N) is 1. The van der Waals surface area contributed by atoms with Crippen LogP contribution < -0.4 is 5.73 Å². The minimum absolute atomic E-state index is 0.216. The molecule has 4 aromatic heterocycles. The zero-order valence-corrected chi connectivity index (χ0v) is 20.4. The topological polar surface area (TPSA) is 92.3 Å². The van der Waals surface area contributed by atoms with Crippen molar-refractivity contribution in [1.29, 1.82) is 0 Å². The number of aryl methyl sites for hydroxylation is 1. The number of nitrogens with zero attached hydrogens (tertiary/aromatic N) is 4. The van der Waals surface area contributed by atoms with Crippen LogP contribution in [0.1, 0.15) is 60.1 Å². The number of carbonyl (C=O) groups excluding carboxylic acids is 1. The third-order valence-corrected chi connectivity index (χ3v) is 9.08. The Bertz CT molecular complexity index is 1400. The van der Waals surface area contributed by atoms with E-state index in [1.807, 2.05) is 15.9 Å². The predicted octanol–water partition coefficient (Wildman–Crippen LogP) is 4.34. The quantitative estimate of drug-likeness (QED) is 0.461. The summed E-state index contributed by atoms with van der Waals surface area (Å²) in [6.45, 7) is 10.2. The Labute approximate surface area is 197 Å². The molecule has 5 heterocycles. The first-order valence-electron chi connectivity index (χ1n) is 11.8. The lowest BCUT2D eigenvalue weighted by Gasteiger charge is -2.30. The fourth-order valence-electron chi connectivity index (χ4n) is 6.26. The zero-order chi connectivity index (χ0) is 23.0. The van der Waals surface area contributed by atoms with E-state index in [-0.39, 0.29) is 5.91 Å². The number of aromatic amines is 1. The van der Waals surface area contributed by atoms with Crippen LogP contribution in [0.3, 0.4) is 0 Å². The molecule has 2 bridgehead atoms. The number of hydrogen-bond acceptors (Lipinski definition) is 5. The molecule has 2 aliphatic rings. The lowest BCUT2D eigenvalue weighted by molar-refractivity contribution is -0.119. The van der Waals surface area contributed by atoms with Crippen LogP contribution in [0.5, 0.6) is 0 Å². The van der Waals surface area contributed by atoms with E-state index in [0.717, 1.165) is 18.6 Å². The minimum Gasteiger partial charge on any atom is -0.369 e. The Morgan fingerprint density at radius 3 is 2.82 bits per heavy atom. The summed E-state index contributed by atoms with van der Waals surface area (Å²) in [5, 5.41) is 5.75. The molecule has 3 N–H and O–H groups in total. The highest BCUT2D eigenvalue weighted by Gasteiger charge is 2.46. The van der Waals surface area contributed by atoms with Crippen molar-refractivity contribution in [3.05, 3.63) is 40.2 Å². The van der Waals surface area contributed by atoms with Gasteiger partial charge in [-0.05, 0) is 67.2 Å². The standard InChI is InChI=1S/C25H30N6OS/c1-12(2)22-18-7-20(17-6-16-5-15(17)8-30(16)10-21(26)32)33-25(18)29-23(22)19-9-31-24(27-11-28-31)14(4)13(19)3/h7,9,11-12,15-17,29H,5-6,8,10H2,1-4H3,(H2,26,32)/t15-,16-,17+/m0/s1. The van der Waals surface area contributed by atoms with Crippen LogP contribution in [-0.4, -0.2) is 49.5 Å². The van der Waals surface area contributed by atoms with E-state index in [1.165, 1.54) is 49.5 Å². The fraction of sp³-hybridized carbons (Fsp3) is 0.480. The average molecular weight is 463 g/mol. The van der Waals surface area contributed by atoms with Gasteiger partial charge in [0.15, 0.2) is 5.65 Å². The molecule has 1 amide bonds. The highest BCUT2D eigenvalue weighted by Crippen LogP contribution is 2.51. The maximum absolute atomic E-state index is 11.4. The Morgan fingerprint density at radius 2 is 2.12 bits per heavy atom. The third-order valence-electron chi connectivity index (χ3n) is 7.90. The maximum Gasteiger partial charge on any atom is 0.231 e. The van der Waals surface area contributed by atoms with Crippen LogP contribution >= 0.6 is 11.3 Å². The Hall–Kier alpha value is -2.71. The van der Waals surface area contributed by atoms with E-state index in [9.17, 15) is 4.79 Å². The normalized spacial score (nSPS) is 23.0. The van der Waals surface area contributed by atoms with Gasteiger partial charge in [0.05, 0.1) is 12.2 Å². The van der Waals surface area contributed by atoms with E-state index in [2.05, 4.69) is 59.9 Å². The molecule has 1 saturated carbocycles.